The van der Waals surface area contributed by atoms with Crippen molar-refractivity contribution in [1.29, 1.82) is 0 Å². The van der Waals surface area contributed by atoms with Gasteiger partial charge in [-0.05, 0) is 18.9 Å². The van der Waals surface area contributed by atoms with Crippen LogP contribution in [0.5, 0.6) is 5.88 Å². The van der Waals surface area contributed by atoms with Crippen LogP contribution in [0, 0.1) is 6.92 Å². The fourth-order valence-corrected chi connectivity index (χ4v) is 1.68. The minimum atomic E-state index is 0.495. The minimum Gasteiger partial charge on any atom is -0.478 e. The summed E-state index contributed by atoms with van der Waals surface area (Å²) in [4.78, 5) is 4.49. The zero-order chi connectivity index (χ0) is 13.4. The smallest absolute Gasteiger partial charge is 0.213 e. The number of aromatic nitrogens is 1. The van der Waals surface area contributed by atoms with Crippen molar-refractivity contribution in [2.75, 3.05) is 6.61 Å². The second-order valence-electron chi connectivity index (χ2n) is 4.99. The van der Waals surface area contributed by atoms with E-state index in [1.54, 1.807) is 0 Å². The van der Waals surface area contributed by atoms with E-state index in [0.717, 1.165) is 31.1 Å². The summed E-state index contributed by atoms with van der Waals surface area (Å²) in [6, 6.07) is 4.57. The lowest BCUT2D eigenvalue weighted by Gasteiger charge is -2.11. The number of hydrogen-bond acceptors (Lipinski definition) is 3. The summed E-state index contributed by atoms with van der Waals surface area (Å²) in [6.45, 7) is 10.2. The molecule has 0 aliphatic carbocycles. The molecular formula is C15H26N2O. The summed E-state index contributed by atoms with van der Waals surface area (Å²) in [5.41, 5.74) is 2.29. The molecule has 18 heavy (non-hydrogen) atoms. The fraction of sp³-hybridized carbons (Fsp3) is 0.667. The molecule has 1 heterocycles. The van der Waals surface area contributed by atoms with Crippen molar-refractivity contribution in [3.05, 3.63) is 23.4 Å². The molecule has 0 radical (unpaired) electrons. The van der Waals surface area contributed by atoms with Crippen molar-refractivity contribution in [2.24, 2.45) is 0 Å². The molecule has 3 heteroatoms. The quantitative estimate of drug-likeness (QED) is 0.717. The van der Waals surface area contributed by atoms with E-state index in [0.29, 0.717) is 6.04 Å². The molecule has 0 aliphatic heterocycles. The third kappa shape index (κ3) is 5.50. The Morgan fingerprint density at radius 1 is 1.28 bits per heavy atom. The number of ether oxygens (including phenoxy) is 1. The predicted octanol–water partition coefficient (Wildman–Crippen LogP) is 3.46. The zero-order valence-electron chi connectivity index (χ0n) is 12.1. The number of unbranched alkanes of at least 4 members (excludes halogenated alkanes) is 2. The fourth-order valence-electron chi connectivity index (χ4n) is 1.68. The van der Waals surface area contributed by atoms with E-state index in [1.165, 1.54) is 18.4 Å². The Bertz CT molecular complexity index is 350. The molecule has 0 aromatic carbocycles. The molecule has 0 amide bonds. The molecule has 3 nitrogen and oxygen atoms in total. The van der Waals surface area contributed by atoms with Gasteiger partial charge in [-0.1, -0.05) is 39.7 Å². The van der Waals surface area contributed by atoms with Gasteiger partial charge in [0.25, 0.3) is 0 Å². The largest absolute Gasteiger partial charge is 0.478 e. The van der Waals surface area contributed by atoms with Crippen LogP contribution in [0.25, 0.3) is 0 Å². The molecule has 0 spiro atoms. The summed E-state index contributed by atoms with van der Waals surface area (Å²) in [5, 5.41) is 3.40. The lowest BCUT2D eigenvalue weighted by molar-refractivity contribution is 0.294. The minimum absolute atomic E-state index is 0.495. The Morgan fingerprint density at radius 3 is 2.67 bits per heavy atom. The van der Waals surface area contributed by atoms with Crippen molar-refractivity contribution in [1.82, 2.24) is 10.3 Å². The van der Waals surface area contributed by atoms with E-state index in [4.69, 9.17) is 4.74 Å². The molecular weight excluding hydrogens is 224 g/mol. The monoisotopic (exact) mass is 250 g/mol. The first-order chi connectivity index (χ1) is 8.63. The van der Waals surface area contributed by atoms with Gasteiger partial charge in [0.2, 0.25) is 5.88 Å². The van der Waals surface area contributed by atoms with Gasteiger partial charge in [0.1, 0.15) is 0 Å². The van der Waals surface area contributed by atoms with E-state index in [1.807, 2.05) is 13.0 Å². The highest BCUT2D eigenvalue weighted by Crippen LogP contribution is 2.13. The van der Waals surface area contributed by atoms with Crippen LogP contribution in [0.3, 0.4) is 0 Å². The van der Waals surface area contributed by atoms with Gasteiger partial charge in [0, 0.05) is 24.3 Å². The molecule has 0 atom stereocenters. The first kappa shape index (κ1) is 15.0. The first-order valence-corrected chi connectivity index (χ1v) is 6.96. The SMILES string of the molecule is CCCCCOc1ccc(CNC(C)C)c(C)n1. The molecule has 1 N–H and O–H groups in total. The summed E-state index contributed by atoms with van der Waals surface area (Å²) >= 11 is 0. The Hall–Kier alpha value is -1.09. The van der Waals surface area contributed by atoms with E-state index >= 15 is 0 Å². The van der Waals surface area contributed by atoms with E-state index in [9.17, 15) is 0 Å². The van der Waals surface area contributed by atoms with Crippen LogP contribution >= 0.6 is 0 Å². The van der Waals surface area contributed by atoms with Crippen LogP contribution in [0.1, 0.15) is 51.3 Å². The number of hydrogen-bond donors (Lipinski definition) is 1. The lowest BCUT2D eigenvalue weighted by Crippen LogP contribution is -2.22. The highest BCUT2D eigenvalue weighted by atomic mass is 16.5. The van der Waals surface area contributed by atoms with Gasteiger partial charge in [-0.15, -0.1) is 0 Å². The molecule has 1 aromatic heterocycles. The molecule has 1 rings (SSSR count). The van der Waals surface area contributed by atoms with Crippen molar-refractivity contribution >= 4 is 0 Å². The maximum atomic E-state index is 5.64. The number of nitrogens with one attached hydrogen (secondary N) is 1. The third-order valence-electron chi connectivity index (χ3n) is 2.87. The van der Waals surface area contributed by atoms with Gasteiger partial charge in [-0.2, -0.15) is 0 Å². The van der Waals surface area contributed by atoms with Crippen LogP contribution < -0.4 is 10.1 Å². The Kier molecular flexibility index (Phi) is 6.73. The maximum Gasteiger partial charge on any atom is 0.213 e. The second-order valence-corrected chi connectivity index (χ2v) is 4.99. The van der Waals surface area contributed by atoms with Gasteiger partial charge in [-0.3, -0.25) is 0 Å². The van der Waals surface area contributed by atoms with Gasteiger partial charge >= 0.3 is 0 Å². The van der Waals surface area contributed by atoms with E-state index < -0.39 is 0 Å². The van der Waals surface area contributed by atoms with Gasteiger partial charge < -0.3 is 10.1 Å². The Morgan fingerprint density at radius 2 is 2.06 bits per heavy atom. The summed E-state index contributed by atoms with van der Waals surface area (Å²) in [7, 11) is 0. The zero-order valence-corrected chi connectivity index (χ0v) is 12.1. The Labute approximate surface area is 111 Å². The first-order valence-electron chi connectivity index (χ1n) is 6.96. The predicted molar refractivity (Wildman–Crippen MR) is 76.0 cm³/mol. The molecule has 0 saturated heterocycles. The van der Waals surface area contributed by atoms with Crippen molar-refractivity contribution < 1.29 is 4.74 Å². The molecule has 0 aliphatic rings. The van der Waals surface area contributed by atoms with Crippen LogP contribution in [-0.4, -0.2) is 17.6 Å². The third-order valence-corrected chi connectivity index (χ3v) is 2.87. The Balaban J connectivity index is 2.46. The normalized spacial score (nSPS) is 10.9. The topological polar surface area (TPSA) is 34.1 Å². The van der Waals surface area contributed by atoms with Crippen molar-refractivity contribution in [3.8, 4) is 5.88 Å². The molecule has 102 valence electrons. The standard InChI is InChI=1S/C15H26N2O/c1-5-6-7-10-18-15-9-8-14(13(4)17-15)11-16-12(2)3/h8-9,12,16H,5-7,10-11H2,1-4H3. The van der Waals surface area contributed by atoms with Gasteiger partial charge in [0.05, 0.1) is 6.61 Å². The lowest BCUT2D eigenvalue weighted by atomic mass is 10.2. The molecule has 1 aromatic rings. The highest BCUT2D eigenvalue weighted by molar-refractivity contribution is 5.24. The van der Waals surface area contributed by atoms with Gasteiger partial charge in [-0.25, -0.2) is 4.98 Å². The number of pyridine rings is 1. The molecule has 0 unspecified atom stereocenters. The van der Waals surface area contributed by atoms with Crippen molar-refractivity contribution in [3.63, 3.8) is 0 Å². The number of rotatable bonds is 8. The summed E-state index contributed by atoms with van der Waals surface area (Å²) in [5.74, 6) is 0.747. The second kappa shape index (κ2) is 8.09. The number of nitrogens with zero attached hydrogens (tertiary/aromatic N) is 1. The molecule has 0 saturated carbocycles. The van der Waals surface area contributed by atoms with Crippen LogP contribution in [-0.2, 0) is 6.54 Å². The summed E-state index contributed by atoms with van der Waals surface area (Å²) < 4.78 is 5.64. The van der Waals surface area contributed by atoms with E-state index in [-0.39, 0.29) is 0 Å². The average Bonchev–Trinajstić information content (AvgIpc) is 2.33. The maximum absolute atomic E-state index is 5.64. The van der Waals surface area contributed by atoms with Gasteiger partial charge in [0.15, 0.2) is 0 Å². The molecule has 0 bridgehead atoms. The molecule has 0 fully saturated rings. The highest BCUT2D eigenvalue weighted by Gasteiger charge is 2.03. The van der Waals surface area contributed by atoms with Crippen molar-refractivity contribution in [2.45, 2.75) is 59.5 Å². The van der Waals surface area contributed by atoms with Crippen LogP contribution in [0.15, 0.2) is 12.1 Å². The number of aryl methyl sites for hydroxylation is 1. The summed E-state index contributed by atoms with van der Waals surface area (Å²) in [6.07, 6.45) is 3.54. The van der Waals surface area contributed by atoms with E-state index in [2.05, 4.69) is 37.1 Å². The van der Waals surface area contributed by atoms with Crippen LogP contribution in [0.4, 0.5) is 0 Å². The average molecular weight is 250 g/mol. The van der Waals surface area contributed by atoms with Crippen LogP contribution in [0.2, 0.25) is 0 Å².